The lowest BCUT2D eigenvalue weighted by molar-refractivity contribution is -0.0126. The van der Waals surface area contributed by atoms with Crippen molar-refractivity contribution in [3.8, 4) is 0 Å². The van der Waals surface area contributed by atoms with Crippen LogP contribution in [0.4, 0.5) is 5.69 Å². The molecule has 2 aliphatic heterocycles. The zero-order chi connectivity index (χ0) is 20.9. The van der Waals surface area contributed by atoms with Crippen LogP contribution < -0.4 is 5.32 Å². The van der Waals surface area contributed by atoms with Crippen LogP contribution in [0, 0.1) is 6.92 Å². The highest BCUT2D eigenvalue weighted by Gasteiger charge is 2.42. The highest BCUT2D eigenvalue weighted by molar-refractivity contribution is 7.91. The lowest BCUT2D eigenvalue weighted by Crippen LogP contribution is -2.32. The predicted octanol–water partition coefficient (Wildman–Crippen LogP) is 3.19. The van der Waals surface area contributed by atoms with Gasteiger partial charge in [-0.2, -0.15) is 5.10 Å². The van der Waals surface area contributed by atoms with Crippen molar-refractivity contribution in [1.82, 2.24) is 14.8 Å². The van der Waals surface area contributed by atoms with Crippen LogP contribution in [0.15, 0.2) is 11.4 Å². The Balaban J connectivity index is 1.55. The van der Waals surface area contributed by atoms with E-state index in [0.717, 1.165) is 59.5 Å². The second kappa shape index (κ2) is 7.21. The number of oxime groups is 1. The topological polar surface area (TPSA) is 98.5 Å². The molecular formula is C21H29N5O3S. The molecule has 0 amide bonds. The Kier molecular flexibility index (Phi) is 4.76. The van der Waals surface area contributed by atoms with Gasteiger partial charge in [0.05, 0.1) is 34.0 Å². The molecule has 5 rings (SSSR count). The molecule has 8 nitrogen and oxygen atoms in total. The SMILES string of the molecule is CCn1nc(C)c2c(NC3CCS(=O)(=O)CC3)c(C3=NOC4(CCCC4)C3)cnc21. The van der Waals surface area contributed by atoms with Gasteiger partial charge in [0.15, 0.2) is 5.65 Å². The number of fused-ring (bicyclic) bond motifs is 1. The zero-order valence-corrected chi connectivity index (χ0v) is 18.5. The van der Waals surface area contributed by atoms with Gasteiger partial charge in [-0.3, -0.25) is 0 Å². The molecule has 1 N–H and O–H groups in total. The molecule has 0 radical (unpaired) electrons. The van der Waals surface area contributed by atoms with Gasteiger partial charge in [-0.05, 0) is 52.4 Å². The number of aryl methyl sites for hydroxylation is 2. The van der Waals surface area contributed by atoms with Crippen molar-refractivity contribution in [3.63, 3.8) is 0 Å². The molecule has 1 aliphatic carbocycles. The van der Waals surface area contributed by atoms with Crippen LogP contribution in [0.3, 0.4) is 0 Å². The van der Waals surface area contributed by atoms with Gasteiger partial charge in [-0.15, -0.1) is 0 Å². The van der Waals surface area contributed by atoms with E-state index < -0.39 is 9.84 Å². The monoisotopic (exact) mass is 431 g/mol. The number of anilines is 1. The minimum atomic E-state index is -2.91. The van der Waals surface area contributed by atoms with E-state index >= 15 is 0 Å². The fourth-order valence-corrected chi connectivity index (χ4v) is 6.59. The van der Waals surface area contributed by atoms with Crippen molar-refractivity contribution < 1.29 is 13.3 Å². The van der Waals surface area contributed by atoms with E-state index in [9.17, 15) is 8.42 Å². The van der Waals surface area contributed by atoms with E-state index in [1.807, 2.05) is 17.8 Å². The van der Waals surface area contributed by atoms with Crippen molar-refractivity contribution in [2.24, 2.45) is 5.16 Å². The first-order valence-corrected chi connectivity index (χ1v) is 12.8. The second-order valence-corrected chi connectivity index (χ2v) is 11.2. The van der Waals surface area contributed by atoms with Gasteiger partial charge in [0.2, 0.25) is 0 Å². The number of hydrogen-bond donors (Lipinski definition) is 1. The van der Waals surface area contributed by atoms with Crippen LogP contribution >= 0.6 is 0 Å². The average Bonchev–Trinajstić information content (AvgIpc) is 3.44. The highest BCUT2D eigenvalue weighted by atomic mass is 32.2. The van der Waals surface area contributed by atoms with Gasteiger partial charge < -0.3 is 10.2 Å². The number of rotatable bonds is 4. The Bertz CT molecular complexity index is 1100. The van der Waals surface area contributed by atoms with Crippen molar-refractivity contribution in [1.29, 1.82) is 0 Å². The first kappa shape index (κ1) is 19.8. The largest absolute Gasteiger partial charge is 0.389 e. The quantitative estimate of drug-likeness (QED) is 0.798. The smallest absolute Gasteiger partial charge is 0.160 e. The van der Waals surface area contributed by atoms with Gasteiger partial charge in [-0.1, -0.05) is 5.16 Å². The lowest BCUT2D eigenvalue weighted by Gasteiger charge is -2.26. The maximum atomic E-state index is 11.9. The van der Waals surface area contributed by atoms with Crippen LogP contribution in [-0.2, 0) is 21.2 Å². The molecule has 2 aromatic heterocycles. The zero-order valence-electron chi connectivity index (χ0n) is 17.6. The summed E-state index contributed by atoms with van der Waals surface area (Å²) in [5.41, 5.74) is 4.48. The summed E-state index contributed by atoms with van der Waals surface area (Å²) in [7, 11) is -2.91. The molecule has 2 fully saturated rings. The molecule has 0 aromatic carbocycles. The average molecular weight is 432 g/mol. The number of sulfone groups is 1. The molecular weight excluding hydrogens is 402 g/mol. The van der Waals surface area contributed by atoms with Crippen LogP contribution in [0.2, 0.25) is 0 Å². The molecule has 4 heterocycles. The second-order valence-electron chi connectivity index (χ2n) is 8.91. The number of nitrogens with one attached hydrogen (secondary N) is 1. The van der Waals surface area contributed by atoms with E-state index in [1.54, 1.807) is 0 Å². The van der Waals surface area contributed by atoms with Crippen molar-refractivity contribution in [3.05, 3.63) is 17.5 Å². The molecule has 0 bridgehead atoms. The molecule has 1 spiro atoms. The summed E-state index contributed by atoms with van der Waals surface area (Å²) < 4.78 is 25.7. The Labute approximate surface area is 177 Å². The first-order chi connectivity index (χ1) is 14.4. The third kappa shape index (κ3) is 3.36. The van der Waals surface area contributed by atoms with E-state index in [1.165, 1.54) is 12.8 Å². The Morgan fingerprint density at radius 2 is 2.00 bits per heavy atom. The molecule has 1 saturated carbocycles. The molecule has 9 heteroatoms. The Morgan fingerprint density at radius 3 is 2.70 bits per heavy atom. The molecule has 1 saturated heterocycles. The summed E-state index contributed by atoms with van der Waals surface area (Å²) in [6.45, 7) is 4.80. The van der Waals surface area contributed by atoms with Gasteiger partial charge >= 0.3 is 0 Å². The molecule has 0 unspecified atom stereocenters. The van der Waals surface area contributed by atoms with Crippen LogP contribution in [0.25, 0.3) is 11.0 Å². The van der Waals surface area contributed by atoms with Gasteiger partial charge in [0.1, 0.15) is 15.4 Å². The van der Waals surface area contributed by atoms with Crippen molar-refractivity contribution in [2.45, 2.75) is 77.0 Å². The highest BCUT2D eigenvalue weighted by Crippen LogP contribution is 2.42. The summed E-state index contributed by atoms with van der Waals surface area (Å²) in [4.78, 5) is 10.7. The fourth-order valence-electron chi connectivity index (χ4n) is 5.10. The van der Waals surface area contributed by atoms with Gasteiger partial charge in [-0.25, -0.2) is 18.1 Å². The molecule has 162 valence electrons. The number of pyridine rings is 1. The van der Waals surface area contributed by atoms with Crippen LogP contribution in [0.5, 0.6) is 0 Å². The van der Waals surface area contributed by atoms with E-state index in [2.05, 4.69) is 22.5 Å². The maximum absolute atomic E-state index is 11.9. The lowest BCUT2D eigenvalue weighted by atomic mass is 9.92. The van der Waals surface area contributed by atoms with Crippen molar-refractivity contribution in [2.75, 3.05) is 16.8 Å². The third-order valence-corrected chi connectivity index (χ3v) is 8.52. The van der Waals surface area contributed by atoms with Gasteiger partial charge in [0.25, 0.3) is 0 Å². The summed E-state index contributed by atoms with van der Waals surface area (Å²) in [6.07, 6.45) is 8.37. The standard InChI is InChI=1S/C21H29N5O3S/c1-3-26-20-18(14(2)24-26)19(23-15-6-10-30(27,28)11-7-15)16(13-22-20)17-12-21(29-25-17)8-4-5-9-21/h13,15H,3-12H2,1-2H3,(H,22,23). The van der Waals surface area contributed by atoms with E-state index in [0.29, 0.717) is 12.8 Å². The maximum Gasteiger partial charge on any atom is 0.160 e. The summed E-state index contributed by atoms with van der Waals surface area (Å²) in [5.74, 6) is 0.462. The Morgan fingerprint density at radius 1 is 1.27 bits per heavy atom. The molecule has 3 aliphatic rings. The molecule has 2 aromatic rings. The summed E-state index contributed by atoms with van der Waals surface area (Å²) in [5, 5.41) is 13.8. The molecule has 0 atom stereocenters. The minimum Gasteiger partial charge on any atom is -0.389 e. The Hall–Kier alpha value is -2.16. The minimum absolute atomic E-state index is 0.102. The molecule has 30 heavy (non-hydrogen) atoms. The number of hydrogen-bond acceptors (Lipinski definition) is 7. The predicted molar refractivity (Wildman–Crippen MR) is 117 cm³/mol. The van der Waals surface area contributed by atoms with Crippen LogP contribution in [-0.4, -0.2) is 52.0 Å². The summed E-state index contributed by atoms with van der Waals surface area (Å²) >= 11 is 0. The third-order valence-electron chi connectivity index (χ3n) is 6.80. The van der Waals surface area contributed by atoms with E-state index in [4.69, 9.17) is 9.82 Å². The van der Waals surface area contributed by atoms with Crippen LogP contribution in [0.1, 0.15) is 63.1 Å². The number of nitrogens with zero attached hydrogens (tertiary/aromatic N) is 4. The normalized spacial score (nSPS) is 23.1. The number of aromatic nitrogens is 3. The van der Waals surface area contributed by atoms with Crippen molar-refractivity contribution >= 4 is 32.3 Å². The fraction of sp³-hybridized carbons (Fsp3) is 0.667. The van der Waals surface area contributed by atoms with E-state index in [-0.39, 0.29) is 23.1 Å². The van der Waals surface area contributed by atoms with Gasteiger partial charge in [0, 0.05) is 30.8 Å². The first-order valence-electron chi connectivity index (χ1n) is 11.0. The summed E-state index contributed by atoms with van der Waals surface area (Å²) in [6, 6.07) is 0.102.